The second-order valence-electron chi connectivity index (χ2n) is 6.89. The van der Waals surface area contributed by atoms with Gasteiger partial charge < -0.3 is 18.9 Å². The minimum Gasteiger partial charge on any atom is -0.353 e. The number of aromatic nitrogens is 4. The molecule has 9 nitrogen and oxygen atoms in total. The van der Waals surface area contributed by atoms with E-state index in [2.05, 4.69) is 20.0 Å². The Balaban J connectivity index is 1.41. The Morgan fingerprint density at radius 3 is 2.62 bits per heavy atom. The zero-order chi connectivity index (χ0) is 20.4. The van der Waals surface area contributed by atoms with Crippen LogP contribution in [0, 0.1) is 0 Å². The molecule has 0 aromatic carbocycles. The summed E-state index contributed by atoms with van der Waals surface area (Å²) in [6.45, 7) is 4.32. The van der Waals surface area contributed by atoms with Crippen LogP contribution in [0.1, 0.15) is 23.2 Å². The molecule has 150 valence electrons. The van der Waals surface area contributed by atoms with Crippen LogP contribution in [-0.2, 0) is 13.5 Å². The van der Waals surface area contributed by atoms with Gasteiger partial charge in [-0.15, -0.1) is 0 Å². The Hall–Kier alpha value is -3.49. The first kappa shape index (κ1) is 18.9. The summed E-state index contributed by atoms with van der Waals surface area (Å²) < 4.78 is 6.56. The van der Waals surface area contributed by atoms with Crippen LogP contribution >= 0.6 is 0 Å². The summed E-state index contributed by atoms with van der Waals surface area (Å²) in [6, 6.07) is 7.13. The largest absolute Gasteiger partial charge is 0.353 e. The van der Waals surface area contributed by atoms with Crippen molar-refractivity contribution in [2.24, 2.45) is 7.05 Å². The van der Waals surface area contributed by atoms with Crippen LogP contribution in [0.4, 0.5) is 5.82 Å². The Kier molecular flexibility index (Phi) is 5.11. The number of carbonyl (C=O) groups excluding carboxylic acids is 1. The molecule has 1 aliphatic rings. The maximum atomic E-state index is 12.7. The van der Waals surface area contributed by atoms with Crippen LogP contribution in [0.5, 0.6) is 0 Å². The molecule has 9 heteroatoms. The van der Waals surface area contributed by atoms with Crippen molar-refractivity contribution in [2.75, 3.05) is 31.1 Å². The van der Waals surface area contributed by atoms with E-state index < -0.39 is 0 Å². The minimum absolute atomic E-state index is 0.206. The monoisotopic (exact) mass is 394 g/mol. The number of hydrogen-bond acceptors (Lipinski definition) is 7. The van der Waals surface area contributed by atoms with E-state index in [1.165, 1.54) is 4.57 Å². The summed E-state index contributed by atoms with van der Waals surface area (Å²) in [5.74, 6) is 1.73. The lowest BCUT2D eigenvalue weighted by atomic mass is 10.2. The van der Waals surface area contributed by atoms with Gasteiger partial charge in [0.2, 0.25) is 11.7 Å². The number of carbonyl (C=O) groups is 1. The van der Waals surface area contributed by atoms with E-state index in [-0.39, 0.29) is 17.0 Å². The smallest absolute Gasteiger partial charge is 0.263 e. The topological polar surface area (TPSA) is 97.4 Å². The maximum Gasteiger partial charge on any atom is 0.263 e. The number of amides is 1. The number of rotatable bonds is 4. The summed E-state index contributed by atoms with van der Waals surface area (Å²) in [5, 5.41) is 3.96. The van der Waals surface area contributed by atoms with E-state index in [1.807, 2.05) is 19.1 Å². The fourth-order valence-corrected chi connectivity index (χ4v) is 3.29. The Labute approximate surface area is 167 Å². The molecule has 1 aliphatic heterocycles. The second-order valence-corrected chi connectivity index (χ2v) is 6.89. The Bertz CT molecular complexity index is 1060. The van der Waals surface area contributed by atoms with Gasteiger partial charge >= 0.3 is 0 Å². The number of aryl methyl sites for hydroxylation is 2. The molecule has 1 saturated heterocycles. The van der Waals surface area contributed by atoms with Crippen molar-refractivity contribution in [1.82, 2.24) is 24.6 Å². The molecule has 3 aromatic heterocycles. The highest BCUT2D eigenvalue weighted by atomic mass is 16.5. The number of nitrogens with zero attached hydrogens (tertiary/aromatic N) is 6. The quantitative estimate of drug-likeness (QED) is 0.659. The highest BCUT2D eigenvalue weighted by Gasteiger charge is 2.24. The maximum absolute atomic E-state index is 12.7. The molecule has 0 unspecified atom stereocenters. The van der Waals surface area contributed by atoms with Gasteiger partial charge in [-0.25, -0.2) is 4.98 Å². The first-order valence-electron chi connectivity index (χ1n) is 9.55. The van der Waals surface area contributed by atoms with E-state index in [9.17, 15) is 9.59 Å². The zero-order valence-electron chi connectivity index (χ0n) is 16.4. The van der Waals surface area contributed by atoms with E-state index in [4.69, 9.17) is 4.52 Å². The van der Waals surface area contributed by atoms with Gasteiger partial charge in [0.15, 0.2) is 0 Å². The summed E-state index contributed by atoms with van der Waals surface area (Å²) >= 11 is 0. The molecule has 0 spiro atoms. The van der Waals surface area contributed by atoms with Gasteiger partial charge in [-0.1, -0.05) is 12.1 Å². The first-order chi connectivity index (χ1) is 14.1. The molecule has 0 atom stereocenters. The summed E-state index contributed by atoms with van der Waals surface area (Å²) in [7, 11) is 1.64. The lowest BCUT2D eigenvalue weighted by molar-refractivity contribution is 0.0744. The molecule has 4 rings (SSSR count). The molecular formula is C20H22N6O3. The number of anilines is 1. The van der Waals surface area contributed by atoms with Crippen molar-refractivity contribution in [1.29, 1.82) is 0 Å². The first-order valence-corrected chi connectivity index (χ1v) is 9.55. The fourth-order valence-electron chi connectivity index (χ4n) is 3.29. The molecule has 4 heterocycles. The predicted octanol–water partition coefficient (Wildman–Crippen LogP) is 1.36. The minimum atomic E-state index is -0.273. The van der Waals surface area contributed by atoms with E-state index in [0.29, 0.717) is 44.3 Å². The molecule has 0 saturated carbocycles. The molecule has 0 bridgehead atoms. The van der Waals surface area contributed by atoms with Gasteiger partial charge in [-0.3, -0.25) is 9.59 Å². The SMILES string of the molecule is CCc1nc(-c2ccc(N3CCN(C(=O)c4cccn(C)c4=O)CC3)nc2)no1. The van der Waals surface area contributed by atoms with Crippen LogP contribution in [0.3, 0.4) is 0 Å². The standard InChI is InChI=1S/C20H22N6O3/c1-3-17-22-18(23-29-17)14-6-7-16(21-13-14)25-9-11-26(12-10-25)20(28)15-5-4-8-24(2)19(15)27/h4-8,13H,3,9-12H2,1-2H3. The van der Waals surface area contributed by atoms with E-state index in [0.717, 1.165) is 11.4 Å². The lowest BCUT2D eigenvalue weighted by Gasteiger charge is -2.35. The molecule has 29 heavy (non-hydrogen) atoms. The van der Waals surface area contributed by atoms with Crippen LogP contribution in [0.15, 0.2) is 46.0 Å². The van der Waals surface area contributed by atoms with Crippen molar-refractivity contribution in [3.05, 3.63) is 58.5 Å². The van der Waals surface area contributed by atoms with Gasteiger partial charge in [0.25, 0.3) is 11.5 Å². The molecule has 0 N–H and O–H groups in total. The number of hydrogen-bond donors (Lipinski definition) is 0. The van der Waals surface area contributed by atoms with Crippen molar-refractivity contribution in [2.45, 2.75) is 13.3 Å². The van der Waals surface area contributed by atoms with Crippen LogP contribution < -0.4 is 10.5 Å². The highest BCUT2D eigenvalue weighted by molar-refractivity contribution is 5.94. The van der Waals surface area contributed by atoms with Crippen LogP contribution in [-0.4, -0.2) is 56.7 Å². The van der Waals surface area contributed by atoms with Gasteiger partial charge in [-0.2, -0.15) is 4.98 Å². The van der Waals surface area contributed by atoms with Crippen molar-refractivity contribution < 1.29 is 9.32 Å². The second kappa shape index (κ2) is 7.86. The number of pyridine rings is 2. The van der Waals surface area contributed by atoms with Crippen molar-refractivity contribution in [3.63, 3.8) is 0 Å². The average Bonchev–Trinajstić information content (AvgIpc) is 3.25. The van der Waals surface area contributed by atoms with E-state index >= 15 is 0 Å². The summed E-state index contributed by atoms with van der Waals surface area (Å²) in [6.07, 6.45) is 4.06. The van der Waals surface area contributed by atoms with Crippen LogP contribution in [0.25, 0.3) is 11.4 Å². The third kappa shape index (κ3) is 3.75. The third-order valence-corrected chi connectivity index (χ3v) is 5.02. The third-order valence-electron chi connectivity index (χ3n) is 5.02. The van der Waals surface area contributed by atoms with Gasteiger partial charge in [0.05, 0.1) is 0 Å². The molecular weight excluding hydrogens is 372 g/mol. The average molecular weight is 394 g/mol. The van der Waals surface area contributed by atoms with Gasteiger partial charge in [0.1, 0.15) is 11.4 Å². The molecule has 1 fully saturated rings. The molecule has 0 aliphatic carbocycles. The Morgan fingerprint density at radius 2 is 1.97 bits per heavy atom. The fraction of sp³-hybridized carbons (Fsp3) is 0.350. The molecule has 3 aromatic rings. The lowest BCUT2D eigenvalue weighted by Crippen LogP contribution is -2.50. The van der Waals surface area contributed by atoms with Crippen LogP contribution in [0.2, 0.25) is 0 Å². The molecule has 0 radical (unpaired) electrons. The predicted molar refractivity (Wildman–Crippen MR) is 107 cm³/mol. The normalized spacial score (nSPS) is 14.3. The van der Waals surface area contributed by atoms with Crippen molar-refractivity contribution >= 4 is 11.7 Å². The van der Waals surface area contributed by atoms with E-state index in [1.54, 1.807) is 36.5 Å². The summed E-state index contributed by atoms with van der Waals surface area (Å²) in [5.41, 5.74) is 0.730. The number of piperazine rings is 1. The highest BCUT2D eigenvalue weighted by Crippen LogP contribution is 2.20. The Morgan fingerprint density at radius 1 is 1.17 bits per heavy atom. The molecule has 1 amide bonds. The zero-order valence-corrected chi connectivity index (χ0v) is 16.4. The summed E-state index contributed by atoms with van der Waals surface area (Å²) in [4.78, 5) is 37.5. The van der Waals surface area contributed by atoms with Gasteiger partial charge in [0, 0.05) is 57.6 Å². The van der Waals surface area contributed by atoms with Crippen molar-refractivity contribution in [3.8, 4) is 11.4 Å². The van der Waals surface area contributed by atoms with Gasteiger partial charge in [-0.05, 0) is 24.3 Å².